The molecule has 0 bridgehead atoms. The molecule has 1 aliphatic heterocycles. The molecule has 5 heteroatoms. The van der Waals surface area contributed by atoms with Crippen molar-refractivity contribution in [2.45, 2.75) is 39.3 Å². The van der Waals surface area contributed by atoms with Crippen molar-refractivity contribution in [3.63, 3.8) is 0 Å². The molecule has 0 aliphatic carbocycles. The summed E-state index contributed by atoms with van der Waals surface area (Å²) in [5.41, 5.74) is 0.366. The van der Waals surface area contributed by atoms with Crippen molar-refractivity contribution in [2.24, 2.45) is 5.92 Å². The van der Waals surface area contributed by atoms with Gasteiger partial charge < -0.3 is 10.2 Å². The van der Waals surface area contributed by atoms with Crippen LogP contribution in [0.25, 0.3) is 0 Å². The lowest BCUT2D eigenvalue weighted by Crippen LogP contribution is -2.63. The van der Waals surface area contributed by atoms with E-state index in [1.54, 1.807) is 6.07 Å². The molecule has 1 saturated heterocycles. The Kier molecular flexibility index (Phi) is 4.40. The fraction of sp³-hybridized carbons (Fsp3) is 0.600. The van der Waals surface area contributed by atoms with Gasteiger partial charge in [0.15, 0.2) is 0 Å². The molecule has 0 radical (unpaired) electrons. The highest BCUT2D eigenvalue weighted by atomic mass is 79.9. The molecule has 1 N–H and O–H groups in total. The van der Waals surface area contributed by atoms with Gasteiger partial charge in [-0.3, -0.25) is 0 Å². The molecule has 1 heterocycles. The first-order chi connectivity index (χ1) is 9.21. The third-order valence-electron chi connectivity index (χ3n) is 3.82. The second kappa shape index (κ2) is 5.60. The number of halogens is 3. The number of piperazine rings is 1. The Balaban J connectivity index is 2.43. The van der Waals surface area contributed by atoms with E-state index in [0.29, 0.717) is 22.6 Å². The van der Waals surface area contributed by atoms with E-state index >= 15 is 0 Å². The van der Waals surface area contributed by atoms with Crippen LogP contribution < -0.4 is 10.2 Å². The van der Waals surface area contributed by atoms with Crippen LogP contribution in [0.3, 0.4) is 0 Å². The van der Waals surface area contributed by atoms with Gasteiger partial charge in [-0.1, -0.05) is 13.8 Å². The monoisotopic (exact) mass is 346 g/mol. The third-order valence-corrected chi connectivity index (χ3v) is 4.43. The molecular formula is C15H21BrF2N2. The second-order valence-electron chi connectivity index (χ2n) is 6.42. The fourth-order valence-electron chi connectivity index (χ4n) is 2.68. The predicted molar refractivity (Wildman–Crippen MR) is 82.1 cm³/mol. The lowest BCUT2D eigenvalue weighted by atomic mass is 9.92. The number of rotatable bonds is 2. The first-order valence-electron chi connectivity index (χ1n) is 6.87. The van der Waals surface area contributed by atoms with Gasteiger partial charge in [-0.2, -0.15) is 0 Å². The molecular weight excluding hydrogens is 326 g/mol. The number of nitrogens with zero attached hydrogens (tertiary/aromatic N) is 1. The van der Waals surface area contributed by atoms with Crippen LogP contribution >= 0.6 is 15.9 Å². The molecule has 112 valence electrons. The van der Waals surface area contributed by atoms with Gasteiger partial charge >= 0.3 is 0 Å². The Morgan fingerprint density at radius 2 is 1.95 bits per heavy atom. The number of nitrogens with one attached hydrogen (secondary N) is 1. The average molecular weight is 347 g/mol. The molecule has 1 aliphatic rings. The van der Waals surface area contributed by atoms with Gasteiger partial charge in [-0.05, 0) is 41.8 Å². The zero-order valence-corrected chi connectivity index (χ0v) is 13.9. The standard InChI is InChI=1S/C15H21BrF2N2/c1-9(2)14-7-19-15(3,4)8-20(14)13-5-10(16)11(17)6-12(13)18/h5-6,9,14,19H,7-8H2,1-4H3. The van der Waals surface area contributed by atoms with E-state index in [-0.39, 0.29) is 11.6 Å². The van der Waals surface area contributed by atoms with E-state index in [9.17, 15) is 8.78 Å². The van der Waals surface area contributed by atoms with E-state index in [2.05, 4.69) is 53.8 Å². The zero-order chi connectivity index (χ0) is 15.1. The molecule has 1 fully saturated rings. The maximum Gasteiger partial charge on any atom is 0.149 e. The summed E-state index contributed by atoms with van der Waals surface area (Å²) in [6, 6.07) is 2.68. The third kappa shape index (κ3) is 3.14. The van der Waals surface area contributed by atoms with E-state index in [1.165, 1.54) is 0 Å². The number of hydrogen-bond donors (Lipinski definition) is 1. The molecule has 0 spiro atoms. The molecule has 1 atom stereocenters. The van der Waals surface area contributed by atoms with Crippen molar-refractivity contribution in [1.29, 1.82) is 0 Å². The van der Waals surface area contributed by atoms with E-state index < -0.39 is 11.6 Å². The van der Waals surface area contributed by atoms with Crippen molar-refractivity contribution >= 4 is 21.6 Å². The molecule has 1 aromatic rings. The fourth-order valence-corrected chi connectivity index (χ4v) is 3.01. The maximum atomic E-state index is 14.2. The van der Waals surface area contributed by atoms with Crippen molar-refractivity contribution < 1.29 is 8.78 Å². The van der Waals surface area contributed by atoms with Gasteiger partial charge in [0, 0.05) is 30.7 Å². The summed E-state index contributed by atoms with van der Waals surface area (Å²) in [5, 5.41) is 3.49. The molecule has 0 amide bonds. The lowest BCUT2D eigenvalue weighted by Gasteiger charge is -2.47. The summed E-state index contributed by atoms with van der Waals surface area (Å²) in [6.07, 6.45) is 0. The van der Waals surface area contributed by atoms with Crippen LogP contribution in [0, 0.1) is 17.6 Å². The van der Waals surface area contributed by atoms with E-state index in [0.717, 1.165) is 12.6 Å². The molecule has 20 heavy (non-hydrogen) atoms. The van der Waals surface area contributed by atoms with Crippen molar-refractivity contribution in [3.05, 3.63) is 28.2 Å². The van der Waals surface area contributed by atoms with Crippen LogP contribution in [0.2, 0.25) is 0 Å². The minimum absolute atomic E-state index is 0.0985. The van der Waals surface area contributed by atoms with E-state index in [1.807, 2.05) is 0 Å². The van der Waals surface area contributed by atoms with Crippen LogP contribution in [0.15, 0.2) is 16.6 Å². The van der Waals surface area contributed by atoms with Gasteiger partial charge in [-0.25, -0.2) is 8.78 Å². The van der Waals surface area contributed by atoms with Gasteiger partial charge in [0.1, 0.15) is 11.6 Å². The predicted octanol–water partition coefficient (Wildman–Crippen LogP) is 3.94. The minimum atomic E-state index is -0.568. The normalized spacial score (nSPS) is 22.4. The summed E-state index contributed by atoms with van der Waals surface area (Å²) in [5.74, 6) is -0.697. The van der Waals surface area contributed by atoms with Crippen LogP contribution in [0.4, 0.5) is 14.5 Å². The van der Waals surface area contributed by atoms with Crippen molar-refractivity contribution in [1.82, 2.24) is 5.32 Å². The number of benzene rings is 1. The lowest BCUT2D eigenvalue weighted by molar-refractivity contribution is 0.275. The summed E-state index contributed by atoms with van der Waals surface area (Å²) < 4.78 is 27.9. The van der Waals surface area contributed by atoms with Crippen LogP contribution in [-0.2, 0) is 0 Å². The van der Waals surface area contributed by atoms with E-state index in [4.69, 9.17) is 0 Å². The highest BCUT2D eigenvalue weighted by Crippen LogP contribution is 2.32. The maximum absolute atomic E-state index is 14.2. The Hall–Kier alpha value is -0.680. The Bertz CT molecular complexity index is 503. The number of anilines is 1. The molecule has 0 aromatic heterocycles. The van der Waals surface area contributed by atoms with Gasteiger partial charge in [-0.15, -0.1) is 0 Å². The Morgan fingerprint density at radius 1 is 1.30 bits per heavy atom. The Morgan fingerprint density at radius 3 is 2.55 bits per heavy atom. The summed E-state index contributed by atoms with van der Waals surface area (Å²) in [4.78, 5) is 2.06. The number of hydrogen-bond acceptors (Lipinski definition) is 2. The zero-order valence-electron chi connectivity index (χ0n) is 12.3. The van der Waals surface area contributed by atoms with Crippen LogP contribution in [0.1, 0.15) is 27.7 Å². The molecule has 2 rings (SSSR count). The summed E-state index contributed by atoms with van der Waals surface area (Å²) in [6.45, 7) is 9.90. The highest BCUT2D eigenvalue weighted by Gasteiger charge is 2.35. The van der Waals surface area contributed by atoms with Crippen LogP contribution in [-0.4, -0.2) is 24.7 Å². The van der Waals surface area contributed by atoms with Gasteiger partial charge in [0.25, 0.3) is 0 Å². The van der Waals surface area contributed by atoms with Gasteiger partial charge in [0.2, 0.25) is 0 Å². The van der Waals surface area contributed by atoms with Crippen LogP contribution in [0.5, 0.6) is 0 Å². The molecule has 1 unspecified atom stereocenters. The Labute approximate surface area is 127 Å². The average Bonchev–Trinajstić information content (AvgIpc) is 2.32. The molecule has 0 saturated carbocycles. The minimum Gasteiger partial charge on any atom is -0.363 e. The first-order valence-corrected chi connectivity index (χ1v) is 7.67. The summed E-state index contributed by atoms with van der Waals surface area (Å²) >= 11 is 3.15. The van der Waals surface area contributed by atoms with Gasteiger partial charge in [0.05, 0.1) is 10.2 Å². The smallest absolute Gasteiger partial charge is 0.149 e. The second-order valence-corrected chi connectivity index (χ2v) is 7.28. The topological polar surface area (TPSA) is 15.3 Å². The van der Waals surface area contributed by atoms with Crippen molar-refractivity contribution in [2.75, 3.05) is 18.0 Å². The highest BCUT2D eigenvalue weighted by molar-refractivity contribution is 9.10. The molecule has 2 nitrogen and oxygen atoms in total. The molecule has 1 aromatic carbocycles. The quantitative estimate of drug-likeness (QED) is 0.816. The van der Waals surface area contributed by atoms with Crippen molar-refractivity contribution in [3.8, 4) is 0 Å². The first kappa shape index (κ1) is 15.7. The SMILES string of the molecule is CC(C)C1CNC(C)(C)CN1c1cc(Br)c(F)cc1F. The largest absolute Gasteiger partial charge is 0.363 e. The summed E-state index contributed by atoms with van der Waals surface area (Å²) in [7, 11) is 0.